The lowest BCUT2D eigenvalue weighted by molar-refractivity contribution is 0.413. The molecule has 0 saturated heterocycles. The second-order valence-electron chi connectivity index (χ2n) is 5.07. The van der Waals surface area contributed by atoms with E-state index in [1.807, 2.05) is 22.7 Å². The molecule has 4 aromatic heterocycles. The van der Waals surface area contributed by atoms with E-state index in [0.29, 0.717) is 12.3 Å². The molecule has 0 aromatic carbocycles. The topological polar surface area (TPSA) is 77.2 Å². The molecular formula is C16H14N6OS. The number of nitrogens with one attached hydrogen (secondary N) is 1. The molecule has 0 unspecified atom stereocenters. The van der Waals surface area contributed by atoms with E-state index in [2.05, 4.69) is 25.4 Å². The Bertz CT molecular complexity index is 965. The number of pyridine rings is 2. The largest absolute Gasteiger partial charge is 0.495 e. The van der Waals surface area contributed by atoms with Crippen LogP contribution in [0.4, 0.5) is 5.13 Å². The van der Waals surface area contributed by atoms with E-state index in [9.17, 15) is 0 Å². The molecule has 24 heavy (non-hydrogen) atoms. The minimum Gasteiger partial charge on any atom is -0.495 e. The quantitative estimate of drug-likeness (QED) is 0.603. The molecule has 0 atom stereocenters. The lowest BCUT2D eigenvalue weighted by Gasteiger charge is -2.02. The highest BCUT2D eigenvalue weighted by molar-refractivity contribution is 7.20. The molecular weight excluding hydrogens is 324 g/mol. The fourth-order valence-corrected chi connectivity index (χ4v) is 3.08. The van der Waals surface area contributed by atoms with Crippen LogP contribution in [0.25, 0.3) is 16.2 Å². The van der Waals surface area contributed by atoms with Crippen molar-refractivity contribution >= 4 is 21.4 Å². The summed E-state index contributed by atoms with van der Waals surface area (Å²) in [7, 11) is 1.62. The minimum absolute atomic E-state index is 0.690. The number of imidazole rings is 1. The van der Waals surface area contributed by atoms with Crippen LogP contribution in [0, 0.1) is 0 Å². The Labute approximate surface area is 142 Å². The summed E-state index contributed by atoms with van der Waals surface area (Å²) < 4.78 is 7.05. The summed E-state index contributed by atoms with van der Waals surface area (Å²) in [6.45, 7) is 0.690. The number of methoxy groups -OCH3 is 1. The van der Waals surface area contributed by atoms with Gasteiger partial charge in [-0.15, -0.1) is 5.10 Å². The predicted octanol–water partition coefficient (Wildman–Crippen LogP) is 2.87. The molecule has 0 amide bonds. The molecule has 4 rings (SSSR count). The fraction of sp³-hybridized carbons (Fsp3) is 0.125. The SMILES string of the molecule is COc1cncc(-c2cnc3sc(NCc4ccncc4)nn23)c1. The summed E-state index contributed by atoms with van der Waals surface area (Å²) in [6, 6.07) is 5.86. The normalized spacial score (nSPS) is 10.9. The number of ether oxygens (including phenoxy) is 1. The summed E-state index contributed by atoms with van der Waals surface area (Å²) in [5, 5.41) is 8.73. The highest BCUT2D eigenvalue weighted by Gasteiger charge is 2.12. The third-order valence-corrected chi connectivity index (χ3v) is 4.40. The van der Waals surface area contributed by atoms with E-state index >= 15 is 0 Å². The first-order valence-electron chi connectivity index (χ1n) is 7.30. The van der Waals surface area contributed by atoms with Gasteiger partial charge < -0.3 is 10.1 Å². The maximum atomic E-state index is 5.23. The van der Waals surface area contributed by atoms with Crippen LogP contribution < -0.4 is 10.1 Å². The van der Waals surface area contributed by atoms with Crippen molar-refractivity contribution < 1.29 is 4.74 Å². The van der Waals surface area contributed by atoms with Gasteiger partial charge in [-0.2, -0.15) is 0 Å². The van der Waals surface area contributed by atoms with Gasteiger partial charge in [0.15, 0.2) is 0 Å². The summed E-state index contributed by atoms with van der Waals surface area (Å²) >= 11 is 1.50. The average molecular weight is 338 g/mol. The number of fused-ring (bicyclic) bond motifs is 1. The molecule has 8 heteroatoms. The monoisotopic (exact) mass is 338 g/mol. The molecule has 0 aliphatic heterocycles. The summed E-state index contributed by atoms with van der Waals surface area (Å²) in [5.74, 6) is 0.703. The molecule has 0 fully saturated rings. The molecule has 4 heterocycles. The Morgan fingerprint density at radius 2 is 2.04 bits per heavy atom. The van der Waals surface area contributed by atoms with Gasteiger partial charge in [-0.25, -0.2) is 9.50 Å². The van der Waals surface area contributed by atoms with Gasteiger partial charge in [0.2, 0.25) is 10.1 Å². The van der Waals surface area contributed by atoms with Crippen LogP contribution in [0.15, 0.2) is 49.2 Å². The molecule has 1 N–H and O–H groups in total. The van der Waals surface area contributed by atoms with E-state index < -0.39 is 0 Å². The molecule has 4 aromatic rings. The van der Waals surface area contributed by atoms with Gasteiger partial charge in [-0.05, 0) is 23.8 Å². The van der Waals surface area contributed by atoms with Gasteiger partial charge in [0.05, 0.1) is 25.2 Å². The van der Waals surface area contributed by atoms with Crippen molar-refractivity contribution in [1.29, 1.82) is 0 Å². The lowest BCUT2D eigenvalue weighted by Crippen LogP contribution is -2.00. The molecule has 7 nitrogen and oxygen atoms in total. The Balaban J connectivity index is 1.61. The highest BCUT2D eigenvalue weighted by Crippen LogP contribution is 2.27. The van der Waals surface area contributed by atoms with Crippen molar-refractivity contribution in [3.8, 4) is 17.0 Å². The highest BCUT2D eigenvalue weighted by atomic mass is 32.1. The predicted molar refractivity (Wildman–Crippen MR) is 92.2 cm³/mol. The second kappa shape index (κ2) is 6.25. The number of rotatable bonds is 5. The van der Waals surface area contributed by atoms with Crippen molar-refractivity contribution in [2.75, 3.05) is 12.4 Å². The van der Waals surface area contributed by atoms with E-state index in [0.717, 1.165) is 26.9 Å². The minimum atomic E-state index is 0.690. The van der Waals surface area contributed by atoms with Crippen LogP contribution in [-0.4, -0.2) is 31.7 Å². The first kappa shape index (κ1) is 14.6. The summed E-state index contributed by atoms with van der Waals surface area (Å²) in [6.07, 6.45) is 8.79. The Hall–Kier alpha value is -3.00. The maximum Gasteiger partial charge on any atom is 0.214 e. The smallest absolute Gasteiger partial charge is 0.214 e. The summed E-state index contributed by atoms with van der Waals surface area (Å²) in [4.78, 5) is 13.5. The maximum absolute atomic E-state index is 5.23. The Morgan fingerprint density at radius 3 is 2.88 bits per heavy atom. The molecule has 0 bridgehead atoms. The van der Waals surface area contributed by atoms with Crippen LogP contribution in [0.2, 0.25) is 0 Å². The molecule has 120 valence electrons. The number of nitrogens with zero attached hydrogens (tertiary/aromatic N) is 5. The van der Waals surface area contributed by atoms with E-state index in [1.54, 1.807) is 38.1 Å². The molecule has 0 radical (unpaired) electrons. The Morgan fingerprint density at radius 1 is 1.17 bits per heavy atom. The van der Waals surface area contributed by atoms with Gasteiger partial charge in [0.1, 0.15) is 5.75 Å². The van der Waals surface area contributed by atoms with Crippen LogP contribution in [0.5, 0.6) is 5.75 Å². The van der Waals surface area contributed by atoms with Crippen LogP contribution in [0.3, 0.4) is 0 Å². The van der Waals surface area contributed by atoms with E-state index in [1.165, 1.54) is 11.3 Å². The van der Waals surface area contributed by atoms with Crippen molar-refractivity contribution in [2.45, 2.75) is 6.54 Å². The average Bonchev–Trinajstić information content (AvgIpc) is 3.21. The van der Waals surface area contributed by atoms with Gasteiger partial charge in [-0.1, -0.05) is 11.3 Å². The zero-order chi connectivity index (χ0) is 16.4. The zero-order valence-corrected chi connectivity index (χ0v) is 13.7. The Kier molecular flexibility index (Phi) is 3.80. The van der Waals surface area contributed by atoms with Crippen LogP contribution in [0.1, 0.15) is 5.56 Å². The number of hydrogen-bond donors (Lipinski definition) is 1. The molecule has 0 aliphatic carbocycles. The van der Waals surface area contributed by atoms with Gasteiger partial charge >= 0.3 is 0 Å². The standard InChI is InChI=1S/C16H14N6OS/c1-23-13-6-12(8-18-9-13)14-10-20-16-22(14)21-15(24-16)19-7-11-2-4-17-5-3-11/h2-6,8-10H,7H2,1H3,(H,19,21). The number of aromatic nitrogens is 5. The fourth-order valence-electron chi connectivity index (χ4n) is 2.31. The van der Waals surface area contributed by atoms with Crippen molar-refractivity contribution in [3.05, 3.63) is 54.7 Å². The summed E-state index contributed by atoms with van der Waals surface area (Å²) in [5.41, 5.74) is 2.94. The van der Waals surface area contributed by atoms with Gasteiger partial charge in [0, 0.05) is 30.7 Å². The van der Waals surface area contributed by atoms with E-state index in [-0.39, 0.29) is 0 Å². The zero-order valence-electron chi connectivity index (χ0n) is 12.9. The number of hydrogen-bond acceptors (Lipinski definition) is 7. The first-order chi connectivity index (χ1) is 11.8. The molecule has 0 aliphatic rings. The number of anilines is 1. The van der Waals surface area contributed by atoms with Crippen LogP contribution in [-0.2, 0) is 6.54 Å². The van der Waals surface area contributed by atoms with Crippen molar-refractivity contribution in [3.63, 3.8) is 0 Å². The van der Waals surface area contributed by atoms with Crippen LogP contribution >= 0.6 is 11.3 Å². The van der Waals surface area contributed by atoms with Crippen molar-refractivity contribution in [2.24, 2.45) is 0 Å². The third kappa shape index (κ3) is 2.79. The third-order valence-electron chi connectivity index (χ3n) is 3.52. The van der Waals surface area contributed by atoms with Crippen molar-refractivity contribution in [1.82, 2.24) is 24.6 Å². The second-order valence-corrected chi connectivity index (χ2v) is 6.02. The van der Waals surface area contributed by atoms with E-state index in [4.69, 9.17) is 4.74 Å². The lowest BCUT2D eigenvalue weighted by atomic mass is 10.2. The van der Waals surface area contributed by atoms with Gasteiger partial charge in [-0.3, -0.25) is 9.97 Å². The molecule has 0 spiro atoms. The molecule has 0 saturated carbocycles. The van der Waals surface area contributed by atoms with Gasteiger partial charge in [0.25, 0.3) is 0 Å². The first-order valence-corrected chi connectivity index (χ1v) is 8.12.